The van der Waals surface area contributed by atoms with Crippen LogP contribution in [-0.2, 0) is 32.0 Å². The van der Waals surface area contributed by atoms with Gasteiger partial charge in [-0.2, -0.15) is 0 Å². The maximum absolute atomic E-state index is 14.2. The van der Waals surface area contributed by atoms with Crippen LogP contribution in [0, 0.1) is 17.8 Å². The Labute approximate surface area is 277 Å². The molecule has 2 N–H and O–H groups in total. The number of hydrogen-bond donors (Lipinski definition) is 2. The molecule has 2 aromatic carbocycles. The molecule has 0 radical (unpaired) electrons. The average Bonchev–Trinajstić information content (AvgIpc) is 3.02. The summed E-state index contributed by atoms with van der Waals surface area (Å²) in [5, 5.41) is 6.13. The number of benzene rings is 2. The fourth-order valence-electron chi connectivity index (χ4n) is 6.05. The Kier molecular flexibility index (Phi) is 15.4. The molecule has 2 rings (SSSR count). The summed E-state index contributed by atoms with van der Waals surface area (Å²) in [5.41, 5.74) is 2.14. The average molecular weight is 636 g/mol. The van der Waals surface area contributed by atoms with Gasteiger partial charge in [-0.15, -0.1) is 0 Å². The molecule has 0 saturated heterocycles. The highest BCUT2D eigenvalue weighted by atomic mass is 16.2. The fraction of sp³-hybridized carbons (Fsp3) is 0.568. The number of nitrogens with one attached hydrogen (secondary N) is 2. The fourth-order valence-corrected chi connectivity index (χ4v) is 6.05. The van der Waals surface area contributed by atoms with Crippen LogP contribution in [0.2, 0.25) is 0 Å². The molecule has 0 aromatic heterocycles. The van der Waals surface area contributed by atoms with Crippen LogP contribution in [0.4, 0.5) is 0 Å². The monoisotopic (exact) mass is 635 g/mol. The lowest BCUT2D eigenvalue weighted by molar-refractivity contribution is -0.154. The van der Waals surface area contributed by atoms with Crippen LogP contribution < -0.4 is 10.6 Å². The SMILES string of the molecule is CN[C@@H](Cc1ccccc1)C(=O)N(C)[C@H](C(=O)N(C)[C@@H](CC(C)C)C(=O)N(C)[C@H](C(=O)NCCc1ccccc1)C(C)C)C(C)C. The van der Waals surface area contributed by atoms with Crippen molar-refractivity contribution in [1.82, 2.24) is 25.3 Å². The van der Waals surface area contributed by atoms with Crippen molar-refractivity contribution in [3.05, 3.63) is 71.8 Å². The second kappa shape index (κ2) is 18.4. The summed E-state index contributed by atoms with van der Waals surface area (Å²) < 4.78 is 0. The number of amides is 4. The molecule has 4 atom stereocenters. The maximum atomic E-state index is 14.2. The van der Waals surface area contributed by atoms with E-state index < -0.39 is 24.2 Å². The Hall–Kier alpha value is -3.72. The number of nitrogens with zero attached hydrogens (tertiary/aromatic N) is 3. The van der Waals surface area contributed by atoms with Gasteiger partial charge in [-0.3, -0.25) is 19.2 Å². The predicted molar refractivity (Wildman–Crippen MR) is 185 cm³/mol. The van der Waals surface area contributed by atoms with Gasteiger partial charge in [0.2, 0.25) is 23.6 Å². The topological polar surface area (TPSA) is 102 Å². The van der Waals surface area contributed by atoms with E-state index in [0.717, 1.165) is 11.1 Å². The summed E-state index contributed by atoms with van der Waals surface area (Å²) in [5.74, 6) is -1.27. The summed E-state index contributed by atoms with van der Waals surface area (Å²) in [6, 6.07) is 16.9. The lowest BCUT2D eigenvalue weighted by atomic mass is 9.95. The zero-order valence-electron chi connectivity index (χ0n) is 29.6. The Morgan fingerprint density at radius 1 is 0.652 bits per heavy atom. The maximum Gasteiger partial charge on any atom is 0.246 e. The second-order valence-electron chi connectivity index (χ2n) is 13.4. The van der Waals surface area contributed by atoms with E-state index in [1.807, 2.05) is 102 Å². The van der Waals surface area contributed by atoms with Crippen molar-refractivity contribution in [2.45, 2.75) is 85.0 Å². The molecule has 0 spiro atoms. The number of carbonyl (C=O) groups excluding carboxylic acids is 4. The third-order valence-electron chi connectivity index (χ3n) is 8.59. The van der Waals surface area contributed by atoms with Crippen LogP contribution >= 0.6 is 0 Å². The highest BCUT2D eigenvalue weighted by Gasteiger charge is 2.41. The Morgan fingerprint density at radius 2 is 1.15 bits per heavy atom. The van der Waals surface area contributed by atoms with E-state index in [9.17, 15) is 19.2 Å². The van der Waals surface area contributed by atoms with Crippen molar-refractivity contribution in [3.63, 3.8) is 0 Å². The molecule has 9 heteroatoms. The highest BCUT2D eigenvalue weighted by molar-refractivity contribution is 5.95. The van der Waals surface area contributed by atoms with Crippen LogP contribution in [0.25, 0.3) is 0 Å². The van der Waals surface area contributed by atoms with E-state index in [1.165, 1.54) is 14.7 Å². The number of likely N-dealkylation sites (N-methyl/N-ethyl adjacent to an activating group) is 4. The van der Waals surface area contributed by atoms with E-state index in [0.29, 0.717) is 25.8 Å². The molecule has 46 heavy (non-hydrogen) atoms. The quantitative estimate of drug-likeness (QED) is 0.274. The second-order valence-corrected chi connectivity index (χ2v) is 13.4. The summed E-state index contributed by atoms with van der Waals surface area (Å²) in [4.78, 5) is 60.1. The lowest BCUT2D eigenvalue weighted by Crippen LogP contribution is -2.60. The molecular weight excluding hydrogens is 578 g/mol. The molecule has 0 unspecified atom stereocenters. The van der Waals surface area contributed by atoms with Crippen molar-refractivity contribution in [1.29, 1.82) is 0 Å². The highest BCUT2D eigenvalue weighted by Crippen LogP contribution is 2.22. The minimum absolute atomic E-state index is 0.103. The van der Waals surface area contributed by atoms with Gasteiger partial charge < -0.3 is 25.3 Å². The summed E-state index contributed by atoms with van der Waals surface area (Å²) >= 11 is 0. The van der Waals surface area contributed by atoms with E-state index in [1.54, 1.807) is 28.2 Å². The van der Waals surface area contributed by atoms with E-state index in [-0.39, 0.29) is 41.4 Å². The van der Waals surface area contributed by atoms with Crippen LogP contribution in [0.15, 0.2) is 60.7 Å². The molecule has 0 fully saturated rings. The van der Waals surface area contributed by atoms with Gasteiger partial charge in [0.1, 0.15) is 18.1 Å². The summed E-state index contributed by atoms with van der Waals surface area (Å²) in [6.07, 6.45) is 1.59. The van der Waals surface area contributed by atoms with Gasteiger partial charge in [0.25, 0.3) is 0 Å². The molecule has 0 aliphatic heterocycles. The molecule has 254 valence electrons. The Bertz CT molecular complexity index is 1250. The molecule has 9 nitrogen and oxygen atoms in total. The normalized spacial score (nSPS) is 14.0. The van der Waals surface area contributed by atoms with Crippen LogP contribution in [0.5, 0.6) is 0 Å². The number of carbonyl (C=O) groups is 4. The van der Waals surface area contributed by atoms with Crippen molar-refractivity contribution in [3.8, 4) is 0 Å². The Morgan fingerprint density at radius 3 is 1.63 bits per heavy atom. The molecule has 4 amide bonds. The van der Waals surface area contributed by atoms with Crippen molar-refractivity contribution in [2.75, 3.05) is 34.7 Å². The largest absolute Gasteiger partial charge is 0.354 e. The summed E-state index contributed by atoms with van der Waals surface area (Å²) in [6.45, 7) is 12.1. The van der Waals surface area contributed by atoms with Crippen molar-refractivity contribution < 1.29 is 19.2 Å². The van der Waals surface area contributed by atoms with Gasteiger partial charge in [-0.25, -0.2) is 0 Å². The standard InChI is InChI=1S/C37H57N5O4/c1-25(2)23-31(36(45)41(9)32(26(3)4)34(43)39-22-21-28-17-13-11-14-18-28)40(8)37(46)33(27(5)6)42(10)35(44)30(38-7)24-29-19-15-12-16-20-29/h11-20,25-27,30-33,38H,21-24H2,1-10H3,(H,39,43)/t30-,31-,32-,33-/m0/s1. The third kappa shape index (κ3) is 10.7. The van der Waals surface area contributed by atoms with Gasteiger partial charge in [0.15, 0.2) is 0 Å². The van der Waals surface area contributed by atoms with Gasteiger partial charge >= 0.3 is 0 Å². The van der Waals surface area contributed by atoms with Crippen LogP contribution in [-0.4, -0.2) is 97.2 Å². The predicted octanol–water partition coefficient (Wildman–Crippen LogP) is 4.02. The first-order valence-electron chi connectivity index (χ1n) is 16.5. The zero-order chi connectivity index (χ0) is 34.6. The van der Waals surface area contributed by atoms with Crippen LogP contribution in [0.3, 0.4) is 0 Å². The van der Waals surface area contributed by atoms with Crippen LogP contribution in [0.1, 0.15) is 59.1 Å². The molecular formula is C37H57N5O4. The van der Waals surface area contributed by atoms with Gasteiger partial charge in [0.05, 0.1) is 6.04 Å². The number of hydrogen-bond acceptors (Lipinski definition) is 5. The third-order valence-corrected chi connectivity index (χ3v) is 8.59. The number of rotatable bonds is 17. The van der Waals surface area contributed by atoms with Gasteiger partial charge in [0, 0.05) is 27.7 Å². The van der Waals surface area contributed by atoms with E-state index in [4.69, 9.17) is 0 Å². The first-order valence-corrected chi connectivity index (χ1v) is 16.5. The molecule has 0 aliphatic rings. The molecule has 0 aliphatic carbocycles. The first-order chi connectivity index (χ1) is 21.7. The molecule has 0 saturated carbocycles. The smallest absolute Gasteiger partial charge is 0.246 e. The minimum Gasteiger partial charge on any atom is -0.354 e. The van der Waals surface area contributed by atoms with Crippen molar-refractivity contribution >= 4 is 23.6 Å². The van der Waals surface area contributed by atoms with E-state index >= 15 is 0 Å². The minimum atomic E-state index is -0.801. The van der Waals surface area contributed by atoms with Gasteiger partial charge in [-0.1, -0.05) is 102 Å². The molecule has 0 bridgehead atoms. The lowest BCUT2D eigenvalue weighted by Gasteiger charge is -2.40. The van der Waals surface area contributed by atoms with Crippen molar-refractivity contribution in [2.24, 2.45) is 17.8 Å². The van der Waals surface area contributed by atoms with E-state index in [2.05, 4.69) is 10.6 Å². The van der Waals surface area contributed by atoms with Gasteiger partial charge in [-0.05, 0) is 55.2 Å². The first kappa shape index (κ1) is 38.5. The molecule has 2 aromatic rings. The zero-order valence-corrected chi connectivity index (χ0v) is 29.6. The molecule has 0 heterocycles. The Balaban J connectivity index is 2.26. The summed E-state index contributed by atoms with van der Waals surface area (Å²) in [7, 11) is 6.69.